The lowest BCUT2D eigenvalue weighted by atomic mass is 10.1. The van der Waals surface area contributed by atoms with Crippen molar-refractivity contribution in [2.45, 2.75) is 0 Å². The molecule has 0 heterocycles. The Hall–Kier alpha value is -2.29. The van der Waals surface area contributed by atoms with Crippen LogP contribution in [0, 0.1) is 5.82 Å². The highest BCUT2D eigenvalue weighted by Crippen LogP contribution is 2.29. The highest BCUT2D eigenvalue weighted by molar-refractivity contribution is 5.73. The molecule has 0 unspecified atom stereocenters. The van der Waals surface area contributed by atoms with Crippen LogP contribution in [0.4, 0.5) is 4.39 Å². The van der Waals surface area contributed by atoms with Gasteiger partial charge in [0, 0.05) is 5.56 Å². The number of para-hydroxylation sites is 1. The maximum Gasteiger partial charge on any atom is 0.164 e. The van der Waals surface area contributed by atoms with Crippen LogP contribution in [0.15, 0.2) is 42.5 Å². The fourth-order valence-electron chi connectivity index (χ4n) is 1.44. The van der Waals surface area contributed by atoms with Crippen molar-refractivity contribution < 1.29 is 14.6 Å². The van der Waals surface area contributed by atoms with E-state index in [0.29, 0.717) is 5.56 Å². The van der Waals surface area contributed by atoms with E-state index < -0.39 is 0 Å². The van der Waals surface area contributed by atoms with E-state index in [1.807, 2.05) is 0 Å². The van der Waals surface area contributed by atoms with Crippen molar-refractivity contribution >= 4 is 12.2 Å². The molecule has 86 valence electrons. The normalized spacial score (nSPS) is 10.9. The summed E-state index contributed by atoms with van der Waals surface area (Å²) in [6, 6.07) is 10.7. The zero-order valence-corrected chi connectivity index (χ0v) is 8.97. The predicted molar refractivity (Wildman–Crippen MR) is 65.1 cm³/mol. The first-order valence-electron chi connectivity index (χ1n) is 5.11. The van der Waals surface area contributed by atoms with Crippen LogP contribution in [0.1, 0.15) is 11.1 Å². The highest BCUT2D eigenvalue weighted by Gasteiger charge is 2.01. The highest BCUT2D eigenvalue weighted by atomic mass is 19.1. The molecular weight excluding hydrogens is 219 g/mol. The Morgan fingerprint density at radius 1 is 0.882 bits per heavy atom. The van der Waals surface area contributed by atoms with Crippen LogP contribution in [0.25, 0.3) is 12.2 Å². The van der Waals surface area contributed by atoms with Gasteiger partial charge in [-0.05, 0) is 23.8 Å². The lowest BCUT2D eigenvalue weighted by Crippen LogP contribution is -1.77. The molecular formula is C14H11FO2. The van der Waals surface area contributed by atoms with Gasteiger partial charge in [-0.15, -0.1) is 0 Å². The Morgan fingerprint density at radius 2 is 1.59 bits per heavy atom. The summed E-state index contributed by atoms with van der Waals surface area (Å²) >= 11 is 0. The van der Waals surface area contributed by atoms with Crippen LogP contribution in [-0.4, -0.2) is 10.2 Å². The number of phenols is 2. The van der Waals surface area contributed by atoms with Gasteiger partial charge in [0.15, 0.2) is 11.5 Å². The van der Waals surface area contributed by atoms with Crippen molar-refractivity contribution in [3.05, 3.63) is 59.4 Å². The fourth-order valence-corrected chi connectivity index (χ4v) is 1.44. The van der Waals surface area contributed by atoms with Gasteiger partial charge in [0.05, 0.1) is 0 Å². The molecule has 2 N–H and O–H groups in total. The summed E-state index contributed by atoms with van der Waals surface area (Å²) in [5.41, 5.74) is 1.32. The van der Waals surface area contributed by atoms with Gasteiger partial charge in [-0.3, -0.25) is 0 Å². The largest absolute Gasteiger partial charge is 0.504 e. The first kappa shape index (κ1) is 11.2. The van der Waals surface area contributed by atoms with Crippen LogP contribution in [0.3, 0.4) is 0 Å². The molecule has 17 heavy (non-hydrogen) atoms. The van der Waals surface area contributed by atoms with Crippen molar-refractivity contribution in [3.63, 3.8) is 0 Å². The number of aromatic hydroxyl groups is 2. The Labute approximate surface area is 98.3 Å². The van der Waals surface area contributed by atoms with Crippen LogP contribution < -0.4 is 0 Å². The minimum absolute atomic E-state index is 0.161. The average molecular weight is 230 g/mol. The summed E-state index contributed by atoms with van der Waals surface area (Å²) in [6.07, 6.45) is 3.39. The minimum Gasteiger partial charge on any atom is -0.504 e. The smallest absolute Gasteiger partial charge is 0.164 e. The molecule has 0 saturated heterocycles. The Balaban J connectivity index is 2.26. The zero-order chi connectivity index (χ0) is 12.3. The summed E-state index contributed by atoms with van der Waals surface area (Å²) in [5, 5.41) is 18.9. The summed E-state index contributed by atoms with van der Waals surface area (Å²) in [4.78, 5) is 0. The number of rotatable bonds is 2. The number of hydrogen-bond acceptors (Lipinski definition) is 2. The van der Waals surface area contributed by atoms with E-state index in [9.17, 15) is 14.6 Å². The molecule has 2 aromatic carbocycles. The second-order valence-electron chi connectivity index (χ2n) is 3.60. The molecule has 0 aromatic heterocycles. The monoisotopic (exact) mass is 230 g/mol. The Kier molecular flexibility index (Phi) is 3.10. The van der Waals surface area contributed by atoms with Crippen molar-refractivity contribution in [3.8, 4) is 11.5 Å². The number of phenolic OH excluding ortho intramolecular Hbond substituents is 2. The Bertz CT molecular complexity index is 545. The first-order valence-corrected chi connectivity index (χ1v) is 5.11. The zero-order valence-electron chi connectivity index (χ0n) is 8.97. The second-order valence-corrected chi connectivity index (χ2v) is 3.60. The standard InChI is InChI=1S/C14H11FO2/c15-12-8-5-10(6-9-12)4-7-11-2-1-3-13(16)14(11)17/h1-9,16-17H. The quantitative estimate of drug-likeness (QED) is 0.613. The van der Waals surface area contributed by atoms with Crippen LogP contribution in [-0.2, 0) is 0 Å². The van der Waals surface area contributed by atoms with Crippen LogP contribution >= 0.6 is 0 Å². The van der Waals surface area contributed by atoms with Gasteiger partial charge in [0.2, 0.25) is 0 Å². The maximum atomic E-state index is 12.7. The summed E-state index contributed by atoms with van der Waals surface area (Å²) < 4.78 is 12.7. The third kappa shape index (κ3) is 2.64. The Morgan fingerprint density at radius 3 is 2.29 bits per heavy atom. The third-order valence-electron chi connectivity index (χ3n) is 2.37. The summed E-state index contributed by atoms with van der Waals surface area (Å²) in [6.45, 7) is 0. The molecule has 0 amide bonds. The second kappa shape index (κ2) is 4.70. The summed E-state index contributed by atoms with van der Waals surface area (Å²) in [5.74, 6) is -0.612. The maximum absolute atomic E-state index is 12.7. The molecule has 3 heteroatoms. The van der Waals surface area contributed by atoms with Gasteiger partial charge in [-0.2, -0.15) is 0 Å². The van der Waals surface area contributed by atoms with E-state index in [2.05, 4.69) is 0 Å². The lowest BCUT2D eigenvalue weighted by Gasteiger charge is -2.00. The van der Waals surface area contributed by atoms with E-state index in [0.717, 1.165) is 5.56 Å². The molecule has 0 aliphatic rings. The van der Waals surface area contributed by atoms with Gasteiger partial charge >= 0.3 is 0 Å². The van der Waals surface area contributed by atoms with E-state index in [1.165, 1.54) is 18.2 Å². The molecule has 0 saturated carbocycles. The van der Waals surface area contributed by atoms with Crippen LogP contribution in [0.2, 0.25) is 0 Å². The number of benzene rings is 2. The molecule has 0 aliphatic carbocycles. The van der Waals surface area contributed by atoms with Crippen molar-refractivity contribution in [2.75, 3.05) is 0 Å². The van der Waals surface area contributed by atoms with Gasteiger partial charge < -0.3 is 10.2 Å². The van der Waals surface area contributed by atoms with E-state index >= 15 is 0 Å². The number of halogens is 1. The van der Waals surface area contributed by atoms with E-state index in [-0.39, 0.29) is 17.3 Å². The predicted octanol–water partition coefficient (Wildman–Crippen LogP) is 3.41. The topological polar surface area (TPSA) is 40.5 Å². The SMILES string of the molecule is Oc1cccc(C=Cc2ccc(F)cc2)c1O. The number of hydrogen-bond donors (Lipinski definition) is 2. The molecule has 0 bridgehead atoms. The fraction of sp³-hybridized carbons (Fsp3) is 0. The van der Waals surface area contributed by atoms with Gasteiger partial charge in [0.1, 0.15) is 5.82 Å². The molecule has 2 nitrogen and oxygen atoms in total. The minimum atomic E-state index is -0.289. The van der Waals surface area contributed by atoms with Crippen molar-refractivity contribution in [1.29, 1.82) is 0 Å². The first-order chi connectivity index (χ1) is 8.16. The van der Waals surface area contributed by atoms with Crippen molar-refractivity contribution in [1.82, 2.24) is 0 Å². The van der Waals surface area contributed by atoms with E-state index in [4.69, 9.17) is 0 Å². The lowest BCUT2D eigenvalue weighted by molar-refractivity contribution is 0.403. The van der Waals surface area contributed by atoms with Crippen molar-refractivity contribution in [2.24, 2.45) is 0 Å². The molecule has 0 radical (unpaired) electrons. The van der Waals surface area contributed by atoms with Crippen LogP contribution in [0.5, 0.6) is 11.5 Å². The van der Waals surface area contributed by atoms with Gasteiger partial charge in [-0.25, -0.2) is 4.39 Å². The molecule has 0 spiro atoms. The van der Waals surface area contributed by atoms with E-state index in [1.54, 1.807) is 36.4 Å². The average Bonchev–Trinajstić information content (AvgIpc) is 2.33. The van der Waals surface area contributed by atoms with Gasteiger partial charge in [-0.1, -0.05) is 36.4 Å². The molecule has 0 aliphatic heterocycles. The molecule has 0 fully saturated rings. The molecule has 0 atom stereocenters. The van der Waals surface area contributed by atoms with Gasteiger partial charge in [0.25, 0.3) is 0 Å². The molecule has 2 rings (SSSR count). The molecule has 2 aromatic rings. The summed E-state index contributed by atoms with van der Waals surface area (Å²) in [7, 11) is 0. The third-order valence-corrected chi connectivity index (χ3v) is 2.37.